The van der Waals surface area contributed by atoms with E-state index in [9.17, 15) is 9.59 Å². The first-order valence-corrected chi connectivity index (χ1v) is 9.14. The average Bonchev–Trinajstić information content (AvgIpc) is 3.21. The Labute approximate surface area is 148 Å². The van der Waals surface area contributed by atoms with E-state index in [1.807, 2.05) is 38.7 Å². The van der Waals surface area contributed by atoms with Gasteiger partial charge in [0, 0.05) is 31.5 Å². The number of nitrogens with zero attached hydrogens (tertiary/aromatic N) is 1. The van der Waals surface area contributed by atoms with E-state index in [-0.39, 0.29) is 24.0 Å². The lowest BCUT2D eigenvalue weighted by molar-refractivity contribution is 0.0491. The van der Waals surface area contributed by atoms with Crippen LogP contribution >= 0.6 is 0 Å². The molecule has 0 spiro atoms. The van der Waals surface area contributed by atoms with E-state index in [1.165, 1.54) is 0 Å². The molecule has 138 valence electrons. The zero-order valence-corrected chi connectivity index (χ0v) is 15.5. The van der Waals surface area contributed by atoms with Crippen LogP contribution in [0.2, 0.25) is 0 Å². The molecule has 2 aliphatic rings. The summed E-state index contributed by atoms with van der Waals surface area (Å²) in [5, 5.41) is 3.00. The third kappa shape index (κ3) is 3.99. The van der Waals surface area contributed by atoms with E-state index in [4.69, 9.17) is 9.15 Å². The normalized spacial score (nSPS) is 25.8. The molecule has 0 radical (unpaired) electrons. The highest BCUT2D eigenvalue weighted by Crippen LogP contribution is 2.38. The van der Waals surface area contributed by atoms with E-state index in [0.717, 1.165) is 31.6 Å². The molecule has 1 saturated carbocycles. The van der Waals surface area contributed by atoms with Crippen molar-refractivity contribution in [1.82, 2.24) is 10.2 Å². The second-order valence-electron chi connectivity index (χ2n) is 8.08. The van der Waals surface area contributed by atoms with Gasteiger partial charge in [0.2, 0.25) is 0 Å². The summed E-state index contributed by atoms with van der Waals surface area (Å²) in [6, 6.07) is 3.68. The Bertz CT molecular complexity index is 646. The van der Waals surface area contributed by atoms with Crippen molar-refractivity contribution in [3.05, 3.63) is 23.7 Å². The summed E-state index contributed by atoms with van der Waals surface area (Å²) in [7, 11) is 0. The van der Waals surface area contributed by atoms with Crippen molar-refractivity contribution in [3.8, 4) is 0 Å². The molecule has 1 aromatic heterocycles. The maximum atomic E-state index is 12.6. The Morgan fingerprint density at radius 3 is 2.68 bits per heavy atom. The Balaban J connectivity index is 1.59. The number of alkyl carbamates (subject to hydrolysis) is 1. The number of carbonyl (C=O) groups excluding carboxylic acids is 2. The first kappa shape index (κ1) is 17.8. The van der Waals surface area contributed by atoms with Crippen LogP contribution in [-0.2, 0) is 11.2 Å². The molecule has 0 aromatic carbocycles. The zero-order valence-electron chi connectivity index (χ0n) is 15.5. The topological polar surface area (TPSA) is 71.8 Å². The van der Waals surface area contributed by atoms with Gasteiger partial charge >= 0.3 is 6.09 Å². The number of hydrogen-bond acceptors (Lipinski definition) is 4. The molecule has 0 unspecified atom stereocenters. The molecule has 1 saturated heterocycles. The molecule has 1 aliphatic heterocycles. The fourth-order valence-corrected chi connectivity index (χ4v) is 3.91. The van der Waals surface area contributed by atoms with Crippen LogP contribution in [0.3, 0.4) is 0 Å². The Morgan fingerprint density at radius 1 is 1.28 bits per heavy atom. The lowest BCUT2D eigenvalue weighted by Crippen LogP contribution is -2.42. The van der Waals surface area contributed by atoms with Gasteiger partial charge in [-0.2, -0.15) is 0 Å². The van der Waals surface area contributed by atoms with Gasteiger partial charge < -0.3 is 19.4 Å². The van der Waals surface area contributed by atoms with Crippen molar-refractivity contribution in [3.63, 3.8) is 0 Å². The molecule has 2 fully saturated rings. The summed E-state index contributed by atoms with van der Waals surface area (Å²) in [5.74, 6) is 1.91. The summed E-state index contributed by atoms with van der Waals surface area (Å²) in [5.41, 5.74) is -0.504. The number of ether oxygens (including phenoxy) is 1. The van der Waals surface area contributed by atoms with Crippen molar-refractivity contribution in [1.29, 1.82) is 0 Å². The number of hydrogen-bond donors (Lipinski definition) is 1. The fraction of sp³-hybridized carbons (Fsp3) is 0.684. The first-order chi connectivity index (χ1) is 11.8. The SMILES string of the molecule is CCc1ccc(C(=O)N2C[C@@H]3CC[C@@H](NC(=O)OC(C)(C)C)[C@H]3C2)o1. The summed E-state index contributed by atoms with van der Waals surface area (Å²) in [4.78, 5) is 26.5. The minimum Gasteiger partial charge on any atom is -0.456 e. The van der Waals surface area contributed by atoms with Crippen molar-refractivity contribution in [2.24, 2.45) is 11.8 Å². The molecule has 2 amide bonds. The molecule has 3 atom stereocenters. The number of fused-ring (bicyclic) bond motifs is 1. The molecular weight excluding hydrogens is 320 g/mol. The number of amides is 2. The Hall–Kier alpha value is -1.98. The van der Waals surface area contributed by atoms with Crippen LogP contribution in [0, 0.1) is 11.8 Å². The van der Waals surface area contributed by atoms with Gasteiger partial charge in [-0.25, -0.2) is 4.79 Å². The van der Waals surface area contributed by atoms with Gasteiger partial charge in [0.05, 0.1) is 0 Å². The molecule has 1 aromatic rings. The minimum atomic E-state index is -0.504. The molecule has 0 bridgehead atoms. The summed E-state index contributed by atoms with van der Waals surface area (Å²) in [6.07, 6.45) is 2.37. The molecule has 1 N–H and O–H groups in total. The number of rotatable bonds is 3. The lowest BCUT2D eigenvalue weighted by Gasteiger charge is -2.24. The summed E-state index contributed by atoms with van der Waals surface area (Å²) in [6.45, 7) is 8.96. The zero-order chi connectivity index (χ0) is 18.2. The molecule has 2 heterocycles. The lowest BCUT2D eigenvalue weighted by atomic mass is 9.98. The number of likely N-dealkylation sites (tertiary alicyclic amines) is 1. The van der Waals surface area contributed by atoms with Gasteiger partial charge in [-0.15, -0.1) is 0 Å². The molecule has 25 heavy (non-hydrogen) atoms. The standard InChI is InChI=1S/C19H28N2O4/c1-5-13-7-9-16(24-13)17(22)21-10-12-6-8-15(14(12)11-21)20-18(23)25-19(2,3)4/h7,9,12,14-15H,5-6,8,10-11H2,1-4H3,(H,20,23)/t12-,14-,15+/m0/s1. The van der Waals surface area contributed by atoms with Gasteiger partial charge in [-0.1, -0.05) is 6.92 Å². The van der Waals surface area contributed by atoms with E-state index in [0.29, 0.717) is 18.2 Å². The molecule has 3 rings (SSSR count). The minimum absolute atomic E-state index is 0.0508. The van der Waals surface area contributed by atoms with Crippen LogP contribution < -0.4 is 5.32 Å². The Morgan fingerprint density at radius 2 is 2.04 bits per heavy atom. The monoisotopic (exact) mass is 348 g/mol. The smallest absolute Gasteiger partial charge is 0.407 e. The largest absolute Gasteiger partial charge is 0.456 e. The second kappa shape index (κ2) is 6.73. The molecule has 6 nitrogen and oxygen atoms in total. The maximum absolute atomic E-state index is 12.6. The summed E-state index contributed by atoms with van der Waals surface area (Å²) < 4.78 is 11.0. The second-order valence-corrected chi connectivity index (χ2v) is 8.08. The van der Waals surface area contributed by atoms with Crippen LogP contribution in [0.15, 0.2) is 16.5 Å². The van der Waals surface area contributed by atoms with Gasteiger partial charge in [0.25, 0.3) is 5.91 Å². The fourth-order valence-electron chi connectivity index (χ4n) is 3.91. The van der Waals surface area contributed by atoms with Crippen LogP contribution in [-0.4, -0.2) is 41.6 Å². The van der Waals surface area contributed by atoms with Crippen LogP contribution in [0.25, 0.3) is 0 Å². The number of nitrogens with one attached hydrogen (secondary N) is 1. The van der Waals surface area contributed by atoms with Crippen molar-refractivity contribution in [2.75, 3.05) is 13.1 Å². The van der Waals surface area contributed by atoms with E-state index in [2.05, 4.69) is 5.32 Å². The third-order valence-electron chi connectivity index (χ3n) is 5.07. The van der Waals surface area contributed by atoms with E-state index >= 15 is 0 Å². The highest BCUT2D eigenvalue weighted by Gasteiger charge is 2.45. The molecular formula is C19H28N2O4. The number of aryl methyl sites for hydroxylation is 1. The number of furan rings is 1. The maximum Gasteiger partial charge on any atom is 0.407 e. The van der Waals surface area contributed by atoms with Crippen LogP contribution in [0.1, 0.15) is 56.9 Å². The molecule has 6 heteroatoms. The van der Waals surface area contributed by atoms with Crippen LogP contribution in [0.4, 0.5) is 4.79 Å². The molecule has 1 aliphatic carbocycles. The van der Waals surface area contributed by atoms with Gasteiger partial charge in [0.1, 0.15) is 11.4 Å². The van der Waals surface area contributed by atoms with Gasteiger partial charge in [-0.3, -0.25) is 4.79 Å². The third-order valence-corrected chi connectivity index (χ3v) is 5.07. The Kier molecular flexibility index (Phi) is 4.80. The highest BCUT2D eigenvalue weighted by atomic mass is 16.6. The number of carbonyl (C=O) groups is 2. The van der Waals surface area contributed by atoms with Crippen LogP contribution in [0.5, 0.6) is 0 Å². The predicted molar refractivity (Wildman–Crippen MR) is 93.4 cm³/mol. The van der Waals surface area contributed by atoms with Crippen molar-refractivity contribution < 1.29 is 18.7 Å². The first-order valence-electron chi connectivity index (χ1n) is 9.14. The average molecular weight is 348 g/mol. The van der Waals surface area contributed by atoms with Gasteiger partial charge in [-0.05, 0) is 51.7 Å². The van der Waals surface area contributed by atoms with E-state index < -0.39 is 5.60 Å². The quantitative estimate of drug-likeness (QED) is 0.910. The van der Waals surface area contributed by atoms with Crippen molar-refractivity contribution in [2.45, 2.75) is 58.6 Å². The van der Waals surface area contributed by atoms with Crippen molar-refractivity contribution >= 4 is 12.0 Å². The predicted octanol–water partition coefficient (Wildman–Crippen LogP) is 3.22. The van der Waals surface area contributed by atoms with E-state index in [1.54, 1.807) is 6.07 Å². The van der Waals surface area contributed by atoms with Gasteiger partial charge in [0.15, 0.2) is 5.76 Å². The highest BCUT2D eigenvalue weighted by molar-refractivity contribution is 5.91. The summed E-state index contributed by atoms with van der Waals surface area (Å²) >= 11 is 0.